The third kappa shape index (κ3) is 2.45. The van der Waals surface area contributed by atoms with Gasteiger partial charge in [-0.3, -0.25) is 4.98 Å². The van der Waals surface area contributed by atoms with Crippen molar-refractivity contribution in [2.75, 3.05) is 18.4 Å². The van der Waals surface area contributed by atoms with Gasteiger partial charge >= 0.3 is 0 Å². The van der Waals surface area contributed by atoms with E-state index in [1.54, 1.807) is 6.20 Å². The topological polar surface area (TPSA) is 81.1 Å². The van der Waals surface area contributed by atoms with Crippen LogP contribution in [0, 0.1) is 13.8 Å². The summed E-state index contributed by atoms with van der Waals surface area (Å²) in [6.45, 7) is 5.29. The fourth-order valence-electron chi connectivity index (χ4n) is 2.24. The molecule has 0 aromatic carbocycles. The van der Waals surface area contributed by atoms with E-state index in [0.717, 1.165) is 34.1 Å². The number of nitrogens with zero attached hydrogens (tertiary/aromatic N) is 4. The summed E-state index contributed by atoms with van der Waals surface area (Å²) in [5.41, 5.74) is 10.1. The van der Waals surface area contributed by atoms with Crippen LogP contribution >= 0.6 is 0 Å². The summed E-state index contributed by atoms with van der Waals surface area (Å²) < 4.78 is 1.82. The molecule has 0 spiro atoms. The molecule has 21 heavy (non-hydrogen) atoms. The molecule has 0 aliphatic heterocycles. The summed E-state index contributed by atoms with van der Waals surface area (Å²) in [7, 11) is 0. The van der Waals surface area contributed by atoms with Crippen LogP contribution < -0.4 is 11.1 Å². The predicted octanol–water partition coefficient (Wildman–Crippen LogP) is 1.78. The molecule has 0 radical (unpaired) electrons. The smallest absolute Gasteiger partial charge is 0.158 e. The Labute approximate surface area is 123 Å². The number of hydrogen-bond acceptors (Lipinski definition) is 5. The fourth-order valence-corrected chi connectivity index (χ4v) is 2.24. The largest absolute Gasteiger partial charge is 0.368 e. The third-order valence-corrected chi connectivity index (χ3v) is 3.45. The van der Waals surface area contributed by atoms with Crippen molar-refractivity contribution in [1.29, 1.82) is 0 Å². The Morgan fingerprint density at radius 2 is 2.10 bits per heavy atom. The van der Waals surface area contributed by atoms with Crippen LogP contribution in [0.25, 0.3) is 17.0 Å². The van der Waals surface area contributed by atoms with Gasteiger partial charge in [-0.05, 0) is 26.0 Å². The zero-order chi connectivity index (χ0) is 14.8. The first kappa shape index (κ1) is 13.5. The number of pyridine rings is 1. The highest BCUT2D eigenvalue weighted by Gasteiger charge is 2.13. The molecule has 0 unspecified atom stereocenters. The van der Waals surface area contributed by atoms with Gasteiger partial charge in [0.1, 0.15) is 11.5 Å². The highest BCUT2D eigenvalue weighted by molar-refractivity contribution is 5.64. The predicted molar refractivity (Wildman–Crippen MR) is 83.2 cm³/mol. The molecule has 0 bridgehead atoms. The Kier molecular flexibility index (Phi) is 3.53. The maximum absolute atomic E-state index is 5.59. The van der Waals surface area contributed by atoms with Crippen molar-refractivity contribution in [2.45, 2.75) is 13.8 Å². The highest BCUT2D eigenvalue weighted by Crippen LogP contribution is 2.23. The number of rotatable bonds is 4. The second kappa shape index (κ2) is 5.49. The van der Waals surface area contributed by atoms with Crippen molar-refractivity contribution in [3.05, 3.63) is 41.7 Å². The van der Waals surface area contributed by atoms with E-state index in [2.05, 4.69) is 20.4 Å². The van der Waals surface area contributed by atoms with Crippen LogP contribution in [0.4, 0.5) is 5.82 Å². The van der Waals surface area contributed by atoms with E-state index in [9.17, 15) is 0 Å². The first-order chi connectivity index (χ1) is 10.2. The van der Waals surface area contributed by atoms with Crippen molar-refractivity contribution in [1.82, 2.24) is 19.6 Å². The zero-order valence-electron chi connectivity index (χ0n) is 12.2. The van der Waals surface area contributed by atoms with Crippen LogP contribution in [0.1, 0.15) is 11.3 Å². The molecule has 3 heterocycles. The second-order valence-electron chi connectivity index (χ2n) is 4.90. The Balaban J connectivity index is 2.16. The SMILES string of the molecule is Cc1nc2cc(-c3ccccn3)nn2c(NCCN)c1C. The van der Waals surface area contributed by atoms with Gasteiger partial charge in [0.25, 0.3) is 0 Å². The van der Waals surface area contributed by atoms with E-state index in [0.29, 0.717) is 13.1 Å². The summed E-state index contributed by atoms with van der Waals surface area (Å²) in [4.78, 5) is 8.93. The summed E-state index contributed by atoms with van der Waals surface area (Å²) in [6, 6.07) is 7.72. The molecule has 108 valence electrons. The van der Waals surface area contributed by atoms with E-state index in [-0.39, 0.29) is 0 Å². The van der Waals surface area contributed by atoms with Crippen LogP contribution in [0.2, 0.25) is 0 Å². The Morgan fingerprint density at radius 1 is 1.24 bits per heavy atom. The first-order valence-electron chi connectivity index (χ1n) is 6.93. The number of hydrogen-bond donors (Lipinski definition) is 2. The molecule has 0 saturated heterocycles. The monoisotopic (exact) mass is 282 g/mol. The average molecular weight is 282 g/mol. The summed E-state index contributed by atoms with van der Waals surface area (Å²) >= 11 is 0. The molecule has 3 aromatic rings. The number of aryl methyl sites for hydroxylation is 1. The van der Waals surface area contributed by atoms with Gasteiger partial charge in [-0.15, -0.1) is 0 Å². The van der Waals surface area contributed by atoms with Crippen molar-refractivity contribution in [3.8, 4) is 11.4 Å². The molecular weight excluding hydrogens is 264 g/mol. The van der Waals surface area contributed by atoms with E-state index in [1.165, 1.54) is 0 Å². The molecular formula is C15H18N6. The van der Waals surface area contributed by atoms with Crippen molar-refractivity contribution in [3.63, 3.8) is 0 Å². The van der Waals surface area contributed by atoms with Gasteiger partial charge in [-0.25, -0.2) is 4.98 Å². The van der Waals surface area contributed by atoms with E-state index in [4.69, 9.17) is 5.73 Å². The minimum absolute atomic E-state index is 0.566. The highest BCUT2D eigenvalue weighted by atomic mass is 15.3. The molecule has 0 aliphatic carbocycles. The van der Waals surface area contributed by atoms with E-state index >= 15 is 0 Å². The van der Waals surface area contributed by atoms with Gasteiger partial charge in [0.15, 0.2) is 5.65 Å². The average Bonchev–Trinajstić information content (AvgIpc) is 2.92. The molecule has 0 amide bonds. The third-order valence-electron chi connectivity index (χ3n) is 3.45. The number of nitrogens with one attached hydrogen (secondary N) is 1. The minimum Gasteiger partial charge on any atom is -0.368 e. The summed E-state index contributed by atoms with van der Waals surface area (Å²) in [5.74, 6) is 0.935. The molecule has 0 fully saturated rings. The lowest BCUT2D eigenvalue weighted by Crippen LogP contribution is -2.17. The van der Waals surface area contributed by atoms with Crippen LogP contribution in [0.3, 0.4) is 0 Å². The van der Waals surface area contributed by atoms with Crippen LogP contribution in [0.15, 0.2) is 30.5 Å². The number of aromatic nitrogens is 4. The van der Waals surface area contributed by atoms with Crippen LogP contribution in [0.5, 0.6) is 0 Å². The first-order valence-corrected chi connectivity index (χ1v) is 6.93. The quantitative estimate of drug-likeness (QED) is 0.762. The normalized spacial score (nSPS) is 11.0. The Bertz CT molecular complexity index is 763. The number of anilines is 1. The zero-order valence-corrected chi connectivity index (χ0v) is 12.2. The minimum atomic E-state index is 0.566. The molecule has 3 aromatic heterocycles. The summed E-state index contributed by atoms with van der Waals surface area (Å²) in [5, 5.41) is 7.95. The van der Waals surface area contributed by atoms with Crippen molar-refractivity contribution in [2.24, 2.45) is 5.73 Å². The lowest BCUT2D eigenvalue weighted by atomic mass is 10.2. The fraction of sp³-hybridized carbons (Fsp3) is 0.267. The van der Waals surface area contributed by atoms with E-state index in [1.807, 2.05) is 42.6 Å². The van der Waals surface area contributed by atoms with Gasteiger partial charge in [0.05, 0.1) is 5.69 Å². The van der Waals surface area contributed by atoms with Gasteiger partial charge in [-0.2, -0.15) is 9.61 Å². The maximum Gasteiger partial charge on any atom is 0.158 e. The molecule has 6 nitrogen and oxygen atoms in total. The maximum atomic E-state index is 5.59. The van der Waals surface area contributed by atoms with Gasteiger partial charge in [-0.1, -0.05) is 6.07 Å². The molecule has 0 saturated carbocycles. The van der Waals surface area contributed by atoms with Crippen LogP contribution in [-0.2, 0) is 0 Å². The standard InChI is InChI=1S/C15H18N6/c1-10-11(2)19-14-9-13(12-5-3-4-7-17-12)20-21(14)15(10)18-8-6-16/h3-5,7,9,18H,6,8,16H2,1-2H3. The molecule has 3 rings (SSSR count). The lowest BCUT2D eigenvalue weighted by Gasteiger charge is -2.12. The molecule has 6 heteroatoms. The van der Waals surface area contributed by atoms with Gasteiger partial charge in [0, 0.05) is 36.6 Å². The van der Waals surface area contributed by atoms with E-state index < -0.39 is 0 Å². The van der Waals surface area contributed by atoms with Gasteiger partial charge < -0.3 is 11.1 Å². The Morgan fingerprint density at radius 3 is 2.81 bits per heavy atom. The summed E-state index contributed by atoms with van der Waals surface area (Å²) in [6.07, 6.45) is 1.76. The number of nitrogens with two attached hydrogens (primary N) is 1. The van der Waals surface area contributed by atoms with Crippen molar-refractivity contribution >= 4 is 11.5 Å². The Hall–Kier alpha value is -2.47. The molecule has 3 N–H and O–H groups in total. The van der Waals surface area contributed by atoms with Gasteiger partial charge in [0.2, 0.25) is 0 Å². The lowest BCUT2D eigenvalue weighted by molar-refractivity contribution is 0.898. The van der Waals surface area contributed by atoms with Crippen molar-refractivity contribution < 1.29 is 0 Å². The number of fused-ring (bicyclic) bond motifs is 1. The molecule has 0 aliphatic rings. The van der Waals surface area contributed by atoms with Crippen LogP contribution in [-0.4, -0.2) is 32.7 Å². The second-order valence-corrected chi connectivity index (χ2v) is 4.90. The molecule has 0 atom stereocenters.